The van der Waals surface area contributed by atoms with E-state index < -0.39 is 5.82 Å². The van der Waals surface area contributed by atoms with Crippen molar-refractivity contribution in [3.63, 3.8) is 0 Å². The molecule has 1 aliphatic heterocycles. The minimum atomic E-state index is -0.444. The fraction of sp³-hybridized carbons (Fsp3) is 0.333. The van der Waals surface area contributed by atoms with E-state index >= 15 is 0 Å². The molecule has 0 saturated carbocycles. The van der Waals surface area contributed by atoms with Crippen LogP contribution < -0.4 is 4.90 Å². The topological polar surface area (TPSA) is 88.7 Å². The average Bonchev–Trinajstić information content (AvgIpc) is 3.19. The van der Waals surface area contributed by atoms with Crippen molar-refractivity contribution in [1.82, 2.24) is 19.7 Å². The molecule has 2 aromatic heterocycles. The van der Waals surface area contributed by atoms with Crippen molar-refractivity contribution in [3.05, 3.63) is 59.9 Å². The quantitative estimate of drug-likeness (QED) is 0.629. The van der Waals surface area contributed by atoms with E-state index in [0.717, 1.165) is 37.3 Å². The van der Waals surface area contributed by atoms with E-state index in [1.807, 2.05) is 19.3 Å². The summed E-state index contributed by atoms with van der Waals surface area (Å²) < 4.78 is 16.1. The van der Waals surface area contributed by atoms with Crippen molar-refractivity contribution in [2.45, 2.75) is 26.1 Å². The molecule has 0 spiro atoms. The minimum absolute atomic E-state index is 0.254. The number of rotatable bonds is 6. The molecule has 0 atom stereocenters. The van der Waals surface area contributed by atoms with Crippen LogP contribution in [0.2, 0.25) is 0 Å². The molecule has 1 aliphatic rings. The lowest BCUT2D eigenvalue weighted by Gasteiger charge is -2.27. The summed E-state index contributed by atoms with van der Waals surface area (Å²) in [6.07, 6.45) is 6.62. The van der Waals surface area contributed by atoms with Gasteiger partial charge in [-0.2, -0.15) is 5.10 Å². The number of aliphatic hydroxyl groups excluding tert-OH is 1. The molecular formula is C21H23FN6O2. The summed E-state index contributed by atoms with van der Waals surface area (Å²) in [7, 11) is 1.86. The summed E-state index contributed by atoms with van der Waals surface area (Å²) in [5, 5.41) is 17.7. The zero-order valence-corrected chi connectivity index (χ0v) is 16.7. The molecule has 3 aromatic rings. The third-order valence-corrected chi connectivity index (χ3v) is 5.00. The number of oxime groups is 1. The number of benzene rings is 1. The van der Waals surface area contributed by atoms with Gasteiger partial charge in [0.15, 0.2) is 6.61 Å². The molecule has 0 bridgehead atoms. The van der Waals surface area contributed by atoms with Gasteiger partial charge in [0.25, 0.3) is 0 Å². The van der Waals surface area contributed by atoms with Crippen molar-refractivity contribution in [2.75, 3.05) is 18.0 Å². The number of hydrogen-bond donors (Lipinski definition) is 1. The zero-order chi connectivity index (χ0) is 20.9. The number of aromatic nitrogens is 4. The first-order chi connectivity index (χ1) is 14.6. The molecule has 0 radical (unpaired) electrons. The molecular weight excluding hydrogens is 387 g/mol. The molecule has 1 aromatic carbocycles. The Balaban J connectivity index is 1.34. The Morgan fingerprint density at radius 1 is 1.17 bits per heavy atom. The van der Waals surface area contributed by atoms with Gasteiger partial charge in [-0.3, -0.25) is 4.68 Å². The largest absolute Gasteiger partial charge is 0.392 e. The predicted octanol–water partition coefficient (Wildman–Crippen LogP) is 2.68. The number of hydrogen-bond acceptors (Lipinski definition) is 7. The van der Waals surface area contributed by atoms with E-state index in [1.54, 1.807) is 35.3 Å². The smallest absolute Gasteiger partial charge is 0.225 e. The Morgan fingerprint density at radius 2 is 1.93 bits per heavy atom. The van der Waals surface area contributed by atoms with Crippen molar-refractivity contribution in [3.8, 4) is 11.1 Å². The van der Waals surface area contributed by atoms with Crippen LogP contribution in [0.5, 0.6) is 0 Å². The minimum Gasteiger partial charge on any atom is -0.392 e. The van der Waals surface area contributed by atoms with Crippen LogP contribution in [0.15, 0.2) is 48.0 Å². The fourth-order valence-corrected chi connectivity index (χ4v) is 3.33. The molecule has 0 amide bonds. The van der Waals surface area contributed by atoms with Gasteiger partial charge in [0.2, 0.25) is 5.95 Å². The second-order valence-electron chi connectivity index (χ2n) is 7.11. The Labute approximate surface area is 173 Å². The van der Waals surface area contributed by atoms with Crippen molar-refractivity contribution in [2.24, 2.45) is 12.2 Å². The van der Waals surface area contributed by atoms with Crippen LogP contribution in [0.1, 0.15) is 24.1 Å². The average molecular weight is 410 g/mol. The molecule has 30 heavy (non-hydrogen) atoms. The number of anilines is 1. The highest BCUT2D eigenvalue weighted by molar-refractivity contribution is 5.86. The Kier molecular flexibility index (Phi) is 5.99. The van der Waals surface area contributed by atoms with Crippen LogP contribution in [0, 0.1) is 5.82 Å². The van der Waals surface area contributed by atoms with E-state index in [0.29, 0.717) is 23.7 Å². The lowest BCUT2D eigenvalue weighted by molar-refractivity contribution is 0.126. The van der Waals surface area contributed by atoms with Crippen LogP contribution in [0.3, 0.4) is 0 Å². The maximum atomic E-state index is 14.4. The summed E-state index contributed by atoms with van der Waals surface area (Å²) >= 11 is 0. The number of halogens is 1. The Hall–Kier alpha value is -3.33. The van der Waals surface area contributed by atoms with Gasteiger partial charge in [-0.15, -0.1) is 0 Å². The monoisotopic (exact) mass is 410 g/mol. The lowest BCUT2D eigenvalue weighted by atomic mass is 10.1. The van der Waals surface area contributed by atoms with E-state index in [4.69, 9.17) is 4.84 Å². The maximum Gasteiger partial charge on any atom is 0.225 e. The first kappa shape index (κ1) is 20.0. The maximum absolute atomic E-state index is 14.4. The molecule has 8 nitrogen and oxygen atoms in total. The molecule has 156 valence electrons. The van der Waals surface area contributed by atoms with E-state index in [9.17, 15) is 9.50 Å². The number of nitrogens with zero attached hydrogens (tertiary/aromatic N) is 6. The van der Waals surface area contributed by atoms with Gasteiger partial charge >= 0.3 is 0 Å². The third-order valence-electron chi connectivity index (χ3n) is 5.00. The van der Waals surface area contributed by atoms with Crippen LogP contribution in [-0.2, 0) is 25.1 Å². The lowest BCUT2D eigenvalue weighted by Crippen LogP contribution is -2.35. The molecule has 0 aliphatic carbocycles. The number of aliphatic hydroxyl groups is 1. The zero-order valence-electron chi connectivity index (χ0n) is 16.7. The molecule has 9 heteroatoms. The predicted molar refractivity (Wildman–Crippen MR) is 110 cm³/mol. The summed E-state index contributed by atoms with van der Waals surface area (Å²) in [5.74, 6) is 0.159. The standard InChI is InChI=1S/C21H23FN6O2/c1-27-8-5-18(25-27)14-30-26-17-6-9-28(10-7-17)21-23-11-16(12-24-21)19-4-2-3-15(13-29)20(19)22/h2-5,8,11-12,29H,6-7,9-10,13-14H2,1H3. The molecule has 1 N–H and O–H groups in total. The molecule has 0 unspecified atom stereocenters. The summed E-state index contributed by atoms with van der Waals surface area (Å²) in [4.78, 5) is 16.3. The Bertz CT molecular complexity index is 1020. The highest BCUT2D eigenvalue weighted by atomic mass is 19.1. The SMILES string of the molecule is Cn1ccc(CON=C2CCN(c3ncc(-c4cccc(CO)c4F)cn3)CC2)n1. The summed E-state index contributed by atoms with van der Waals surface area (Å²) in [6, 6.07) is 6.82. The highest BCUT2D eigenvalue weighted by Gasteiger charge is 2.18. The second-order valence-corrected chi connectivity index (χ2v) is 7.11. The van der Waals surface area contributed by atoms with Crippen LogP contribution >= 0.6 is 0 Å². The van der Waals surface area contributed by atoms with Crippen LogP contribution in [0.25, 0.3) is 11.1 Å². The van der Waals surface area contributed by atoms with Crippen molar-refractivity contribution in [1.29, 1.82) is 0 Å². The molecule has 4 rings (SSSR count). The fourth-order valence-electron chi connectivity index (χ4n) is 3.33. The first-order valence-corrected chi connectivity index (χ1v) is 9.76. The summed E-state index contributed by atoms with van der Waals surface area (Å²) in [5.41, 5.74) is 3.06. The number of piperidine rings is 1. The van der Waals surface area contributed by atoms with E-state index in [1.165, 1.54) is 0 Å². The second kappa shape index (κ2) is 9.00. The molecule has 1 saturated heterocycles. The van der Waals surface area contributed by atoms with Gasteiger partial charge in [-0.1, -0.05) is 23.4 Å². The van der Waals surface area contributed by atoms with Crippen LogP contribution in [-0.4, -0.2) is 43.7 Å². The first-order valence-electron chi connectivity index (χ1n) is 9.76. The van der Waals surface area contributed by atoms with Crippen molar-refractivity contribution < 1.29 is 14.3 Å². The van der Waals surface area contributed by atoms with Gasteiger partial charge in [-0.05, 0) is 6.07 Å². The Morgan fingerprint density at radius 3 is 2.60 bits per heavy atom. The van der Waals surface area contributed by atoms with E-state index in [-0.39, 0.29) is 12.2 Å². The number of aryl methyl sites for hydroxylation is 1. The van der Waals surface area contributed by atoms with Gasteiger partial charge in [-0.25, -0.2) is 14.4 Å². The van der Waals surface area contributed by atoms with Gasteiger partial charge in [0.05, 0.1) is 12.3 Å². The van der Waals surface area contributed by atoms with Gasteiger partial charge in [0, 0.05) is 68.3 Å². The molecule has 1 fully saturated rings. The van der Waals surface area contributed by atoms with Crippen molar-refractivity contribution >= 4 is 11.7 Å². The summed E-state index contributed by atoms with van der Waals surface area (Å²) in [6.45, 7) is 1.48. The van der Waals surface area contributed by atoms with Crippen LogP contribution in [0.4, 0.5) is 10.3 Å². The molecule has 3 heterocycles. The van der Waals surface area contributed by atoms with Gasteiger partial charge in [0.1, 0.15) is 11.5 Å². The highest BCUT2D eigenvalue weighted by Crippen LogP contribution is 2.25. The van der Waals surface area contributed by atoms with Gasteiger partial charge < -0.3 is 14.8 Å². The third kappa shape index (κ3) is 4.46. The normalized spacial score (nSPS) is 14.1. The van der Waals surface area contributed by atoms with E-state index in [2.05, 4.69) is 25.1 Å².